The van der Waals surface area contributed by atoms with Gasteiger partial charge in [0, 0.05) is 18.2 Å². The van der Waals surface area contributed by atoms with Gasteiger partial charge >= 0.3 is 6.18 Å². The lowest BCUT2D eigenvalue weighted by Gasteiger charge is -2.15. The quantitative estimate of drug-likeness (QED) is 0.553. The van der Waals surface area contributed by atoms with Gasteiger partial charge in [0.15, 0.2) is 0 Å². The first-order chi connectivity index (χ1) is 12.4. The van der Waals surface area contributed by atoms with Crippen molar-refractivity contribution in [2.75, 3.05) is 5.32 Å². The van der Waals surface area contributed by atoms with Crippen LogP contribution >= 0.6 is 11.6 Å². The maximum atomic E-state index is 13.3. The van der Waals surface area contributed by atoms with Crippen molar-refractivity contribution in [2.24, 2.45) is 0 Å². The molecule has 0 unspecified atom stereocenters. The van der Waals surface area contributed by atoms with E-state index >= 15 is 0 Å². The SMILES string of the molecule is O=[N+]([O-])c1ccc(Cl)c(Nc2c([N+](=O)[O-])cc([N+](=O)[O-])cc2C(F)(F)F)c1. The molecule has 0 atom stereocenters. The molecule has 1 N–H and O–H groups in total. The molecule has 0 spiro atoms. The molecule has 0 aromatic heterocycles. The number of benzene rings is 2. The molecule has 0 amide bonds. The second-order valence-corrected chi connectivity index (χ2v) is 5.35. The summed E-state index contributed by atoms with van der Waals surface area (Å²) in [6.45, 7) is 0. The van der Waals surface area contributed by atoms with Crippen LogP contribution in [0, 0.1) is 30.3 Å². The van der Waals surface area contributed by atoms with E-state index in [2.05, 4.69) is 0 Å². The van der Waals surface area contributed by atoms with Crippen molar-refractivity contribution in [3.63, 3.8) is 0 Å². The molecule has 0 radical (unpaired) electrons. The molecule has 0 aliphatic rings. The molecule has 142 valence electrons. The molecule has 27 heavy (non-hydrogen) atoms. The number of hydrogen-bond donors (Lipinski definition) is 1. The Morgan fingerprint density at radius 3 is 1.96 bits per heavy atom. The molecule has 2 aromatic rings. The summed E-state index contributed by atoms with van der Waals surface area (Å²) in [5, 5.41) is 34.5. The van der Waals surface area contributed by atoms with Gasteiger partial charge in [0.2, 0.25) is 0 Å². The second-order valence-electron chi connectivity index (χ2n) is 4.95. The van der Waals surface area contributed by atoms with Crippen LogP contribution < -0.4 is 5.32 Å². The van der Waals surface area contributed by atoms with Crippen LogP contribution in [0.15, 0.2) is 30.3 Å². The first-order valence-corrected chi connectivity index (χ1v) is 7.04. The van der Waals surface area contributed by atoms with E-state index in [1.807, 2.05) is 5.32 Å². The highest BCUT2D eigenvalue weighted by Gasteiger charge is 2.40. The zero-order valence-corrected chi connectivity index (χ0v) is 13.4. The smallest absolute Gasteiger partial charge is 0.348 e. The lowest BCUT2D eigenvalue weighted by Crippen LogP contribution is -2.12. The molecular weight excluding hydrogens is 401 g/mol. The number of nitro benzene ring substituents is 3. The fourth-order valence-corrected chi connectivity index (χ4v) is 2.24. The van der Waals surface area contributed by atoms with Crippen LogP contribution in [0.4, 0.5) is 41.6 Å². The van der Waals surface area contributed by atoms with E-state index in [4.69, 9.17) is 11.6 Å². The summed E-state index contributed by atoms with van der Waals surface area (Å²) in [6, 6.07) is 3.20. The molecule has 0 bridgehead atoms. The fraction of sp³-hybridized carbons (Fsp3) is 0.0769. The zero-order valence-electron chi connectivity index (χ0n) is 12.7. The summed E-state index contributed by atoms with van der Waals surface area (Å²) in [6.07, 6.45) is -5.20. The van der Waals surface area contributed by atoms with Crippen molar-refractivity contribution in [2.45, 2.75) is 6.18 Å². The molecule has 0 saturated carbocycles. The Kier molecular flexibility index (Phi) is 5.16. The van der Waals surface area contributed by atoms with E-state index in [9.17, 15) is 43.5 Å². The Morgan fingerprint density at radius 1 is 0.889 bits per heavy atom. The summed E-state index contributed by atoms with van der Waals surface area (Å²) < 4.78 is 40.0. The molecule has 2 aromatic carbocycles. The number of nitro groups is 3. The van der Waals surface area contributed by atoms with E-state index in [-0.39, 0.29) is 11.1 Å². The minimum Gasteiger partial charge on any atom is -0.348 e. The molecule has 0 aliphatic heterocycles. The van der Waals surface area contributed by atoms with Gasteiger partial charge in [0.25, 0.3) is 17.1 Å². The number of non-ortho nitro benzene ring substituents is 2. The number of rotatable bonds is 5. The van der Waals surface area contributed by atoms with Crippen LogP contribution in [0.2, 0.25) is 5.02 Å². The third-order valence-corrected chi connectivity index (χ3v) is 3.57. The minimum absolute atomic E-state index is 0.112. The van der Waals surface area contributed by atoms with Crippen LogP contribution in [-0.2, 0) is 6.18 Å². The van der Waals surface area contributed by atoms with Crippen molar-refractivity contribution in [3.05, 3.63) is 71.3 Å². The molecule has 2 rings (SSSR count). The third-order valence-electron chi connectivity index (χ3n) is 3.24. The topological polar surface area (TPSA) is 141 Å². The summed E-state index contributed by atoms with van der Waals surface area (Å²) in [5.41, 5.74) is -6.20. The Balaban J connectivity index is 2.75. The van der Waals surface area contributed by atoms with Crippen molar-refractivity contribution in [1.29, 1.82) is 0 Å². The van der Waals surface area contributed by atoms with Gasteiger partial charge in [-0.25, -0.2) is 0 Å². The van der Waals surface area contributed by atoms with E-state index in [1.54, 1.807) is 0 Å². The van der Waals surface area contributed by atoms with Crippen LogP contribution in [0.5, 0.6) is 0 Å². The second kappa shape index (κ2) is 7.03. The standard InChI is InChI=1S/C13H6ClF3N4O6/c14-9-2-1-6(19(22)23)4-10(9)18-12-8(13(15,16)17)3-7(20(24)25)5-11(12)21(26)27/h1-5,18H. The normalized spacial score (nSPS) is 11.1. The monoisotopic (exact) mass is 406 g/mol. The Morgan fingerprint density at radius 2 is 1.48 bits per heavy atom. The lowest BCUT2D eigenvalue weighted by atomic mass is 10.1. The highest BCUT2D eigenvalue weighted by Crippen LogP contribution is 2.44. The fourth-order valence-electron chi connectivity index (χ4n) is 2.07. The lowest BCUT2D eigenvalue weighted by molar-refractivity contribution is -0.394. The predicted octanol–water partition coefficient (Wildman–Crippen LogP) is 4.83. The number of alkyl halides is 3. The van der Waals surface area contributed by atoms with E-state index in [0.29, 0.717) is 6.07 Å². The maximum Gasteiger partial charge on any atom is 0.418 e. The van der Waals surface area contributed by atoms with Gasteiger partial charge in [-0.3, -0.25) is 30.3 Å². The highest BCUT2D eigenvalue weighted by molar-refractivity contribution is 6.33. The van der Waals surface area contributed by atoms with Crippen LogP contribution in [-0.4, -0.2) is 14.8 Å². The van der Waals surface area contributed by atoms with Crippen LogP contribution in [0.25, 0.3) is 0 Å². The molecule has 0 heterocycles. The van der Waals surface area contributed by atoms with Gasteiger partial charge in [-0.15, -0.1) is 0 Å². The average molecular weight is 407 g/mol. The van der Waals surface area contributed by atoms with Gasteiger partial charge in [0.05, 0.1) is 37.1 Å². The Labute approximate surface area is 151 Å². The number of anilines is 2. The Bertz CT molecular complexity index is 966. The summed E-state index contributed by atoms with van der Waals surface area (Å²) >= 11 is 5.79. The van der Waals surface area contributed by atoms with Crippen molar-refractivity contribution in [3.8, 4) is 0 Å². The van der Waals surface area contributed by atoms with Crippen LogP contribution in [0.3, 0.4) is 0 Å². The van der Waals surface area contributed by atoms with Gasteiger partial charge in [0.1, 0.15) is 5.69 Å². The van der Waals surface area contributed by atoms with Crippen molar-refractivity contribution in [1.82, 2.24) is 0 Å². The average Bonchev–Trinajstić information content (AvgIpc) is 2.55. The molecule has 0 aliphatic carbocycles. The predicted molar refractivity (Wildman–Crippen MR) is 86.1 cm³/mol. The Hall–Kier alpha value is -3.48. The summed E-state index contributed by atoms with van der Waals surface area (Å²) in [7, 11) is 0. The summed E-state index contributed by atoms with van der Waals surface area (Å²) in [4.78, 5) is 29.4. The molecule has 14 heteroatoms. The highest BCUT2D eigenvalue weighted by atomic mass is 35.5. The molecule has 0 fully saturated rings. The minimum atomic E-state index is -5.20. The van der Waals surface area contributed by atoms with E-state index in [0.717, 1.165) is 18.2 Å². The third kappa shape index (κ3) is 4.20. The van der Waals surface area contributed by atoms with Gasteiger partial charge < -0.3 is 5.32 Å². The largest absolute Gasteiger partial charge is 0.418 e. The van der Waals surface area contributed by atoms with Crippen molar-refractivity contribution >= 4 is 40.0 Å². The van der Waals surface area contributed by atoms with Crippen LogP contribution in [0.1, 0.15) is 5.56 Å². The first kappa shape index (κ1) is 19.8. The first-order valence-electron chi connectivity index (χ1n) is 6.66. The zero-order chi connectivity index (χ0) is 20.5. The molecule has 0 saturated heterocycles. The molecule has 10 nitrogen and oxygen atoms in total. The molecular formula is C13H6ClF3N4O6. The summed E-state index contributed by atoms with van der Waals surface area (Å²) in [5.74, 6) is 0. The van der Waals surface area contributed by atoms with Gasteiger partial charge in [-0.05, 0) is 6.07 Å². The van der Waals surface area contributed by atoms with Gasteiger partial charge in [-0.1, -0.05) is 11.6 Å². The van der Waals surface area contributed by atoms with Gasteiger partial charge in [-0.2, -0.15) is 13.2 Å². The number of halogens is 4. The number of nitrogens with zero attached hydrogens (tertiary/aromatic N) is 3. The number of hydrogen-bond acceptors (Lipinski definition) is 7. The van der Waals surface area contributed by atoms with E-state index < -0.39 is 54.9 Å². The van der Waals surface area contributed by atoms with E-state index in [1.165, 1.54) is 0 Å². The number of nitrogens with one attached hydrogen (secondary N) is 1. The van der Waals surface area contributed by atoms with Crippen molar-refractivity contribution < 1.29 is 27.9 Å². The maximum absolute atomic E-state index is 13.3.